The van der Waals surface area contributed by atoms with Gasteiger partial charge in [-0.05, 0) is 58.1 Å². The molecule has 2 atom stereocenters. The van der Waals surface area contributed by atoms with Crippen molar-refractivity contribution in [2.45, 2.75) is 37.6 Å². The van der Waals surface area contributed by atoms with Crippen molar-refractivity contribution in [2.75, 3.05) is 13.2 Å². The van der Waals surface area contributed by atoms with Gasteiger partial charge in [0.1, 0.15) is 11.6 Å². The third-order valence-electron chi connectivity index (χ3n) is 7.71. The van der Waals surface area contributed by atoms with Gasteiger partial charge in [0.25, 0.3) is 5.91 Å². The van der Waals surface area contributed by atoms with Crippen LogP contribution < -0.4 is 15.6 Å². The van der Waals surface area contributed by atoms with Crippen LogP contribution in [0.2, 0.25) is 0 Å². The van der Waals surface area contributed by atoms with Crippen molar-refractivity contribution in [3.63, 3.8) is 0 Å². The Balaban J connectivity index is 1.61. The number of nitrogens with zero attached hydrogens (tertiary/aromatic N) is 7. The maximum Gasteiger partial charge on any atom is 0.266 e. The molecule has 0 radical (unpaired) electrons. The molecule has 0 saturated carbocycles. The Hall–Kier alpha value is -5.91. The van der Waals surface area contributed by atoms with E-state index < -0.39 is 23.4 Å². The van der Waals surface area contributed by atoms with Crippen LogP contribution >= 0.6 is 0 Å². The first kappa shape index (κ1) is 33.5. The molecule has 3 N–H and O–H groups in total. The Morgan fingerprint density at radius 2 is 1.67 bits per heavy atom. The Kier molecular flexibility index (Phi) is 11.2. The van der Waals surface area contributed by atoms with Crippen molar-refractivity contribution in [3.05, 3.63) is 152 Å². The highest BCUT2D eigenvalue weighted by atomic mass is 19.1. The molecule has 1 aliphatic heterocycles. The smallest absolute Gasteiger partial charge is 0.266 e. The number of aliphatic imine (C=N–C) groups is 1. The van der Waals surface area contributed by atoms with E-state index in [1.807, 2.05) is 0 Å². The van der Waals surface area contributed by atoms with Gasteiger partial charge in [0.2, 0.25) is 5.90 Å². The molecule has 4 aromatic rings. The van der Waals surface area contributed by atoms with Crippen molar-refractivity contribution < 1.29 is 23.8 Å². The summed E-state index contributed by atoms with van der Waals surface area (Å²) in [5.74, 6) is -0.301. The number of azide groups is 2. The van der Waals surface area contributed by atoms with Gasteiger partial charge in [0.05, 0.1) is 13.2 Å². The highest BCUT2D eigenvalue weighted by Crippen LogP contribution is 2.44. The first-order chi connectivity index (χ1) is 23.5. The van der Waals surface area contributed by atoms with Crippen molar-refractivity contribution in [2.24, 2.45) is 15.2 Å². The summed E-state index contributed by atoms with van der Waals surface area (Å²) in [4.78, 5) is 25.4. The van der Waals surface area contributed by atoms with Crippen LogP contribution in [0.25, 0.3) is 20.9 Å². The largest absolute Gasteiger partial charge is 0.494 e. The molecular weight excluding hydrogens is 617 g/mol. The fourth-order valence-electron chi connectivity index (χ4n) is 5.37. The third-order valence-corrected chi connectivity index (χ3v) is 7.71. The first-order valence-electron chi connectivity index (χ1n) is 15.1. The topological polar surface area (TPSA) is 190 Å². The van der Waals surface area contributed by atoms with E-state index in [-0.39, 0.29) is 32.0 Å². The maximum atomic E-state index is 14.5. The Bertz CT molecular complexity index is 1870. The van der Waals surface area contributed by atoms with Crippen LogP contribution in [0.5, 0.6) is 5.75 Å². The van der Waals surface area contributed by atoms with Crippen LogP contribution in [-0.4, -0.2) is 35.7 Å². The zero-order chi connectivity index (χ0) is 33.8. The first-order valence-corrected chi connectivity index (χ1v) is 15.1. The molecule has 13 nitrogen and oxygen atoms in total. The van der Waals surface area contributed by atoms with Crippen LogP contribution in [0.15, 0.2) is 112 Å². The van der Waals surface area contributed by atoms with E-state index in [9.17, 15) is 14.7 Å². The van der Waals surface area contributed by atoms with Gasteiger partial charge in [-0.1, -0.05) is 77.0 Å². The highest BCUT2D eigenvalue weighted by Gasteiger charge is 2.54. The second kappa shape index (κ2) is 16.1. The lowest BCUT2D eigenvalue weighted by Gasteiger charge is -2.32. The van der Waals surface area contributed by atoms with Gasteiger partial charge in [-0.2, -0.15) is 0 Å². The summed E-state index contributed by atoms with van der Waals surface area (Å²) in [5.41, 5.74) is 25.1. The number of hydrogen-bond donors (Lipinski definition) is 3. The number of rotatable bonds is 15. The molecule has 4 aromatic carbocycles. The van der Waals surface area contributed by atoms with Gasteiger partial charge >= 0.3 is 0 Å². The summed E-state index contributed by atoms with van der Waals surface area (Å²) in [6, 6.07) is 27.1. The minimum absolute atomic E-state index is 0.00731. The number of hydrazine groups is 1. The molecule has 0 aliphatic carbocycles. The number of ether oxygens (including phenoxy) is 2. The fourth-order valence-corrected chi connectivity index (χ4v) is 5.37. The van der Waals surface area contributed by atoms with Crippen LogP contribution in [0.1, 0.15) is 40.3 Å². The number of carbonyl (C=O) groups is 1. The van der Waals surface area contributed by atoms with Crippen molar-refractivity contribution in [1.29, 1.82) is 0 Å². The molecule has 14 heteroatoms. The summed E-state index contributed by atoms with van der Waals surface area (Å²) in [5, 5.41) is 16.7. The van der Waals surface area contributed by atoms with E-state index in [0.717, 1.165) is 0 Å². The molecule has 5 rings (SSSR count). The van der Waals surface area contributed by atoms with E-state index >= 15 is 0 Å². The summed E-state index contributed by atoms with van der Waals surface area (Å²) >= 11 is 0. The van der Waals surface area contributed by atoms with Crippen molar-refractivity contribution in [3.8, 4) is 5.75 Å². The van der Waals surface area contributed by atoms with E-state index in [0.29, 0.717) is 52.3 Å². The SMILES string of the molecule is [N-]=[N+]=NCc1ccccc1[C@@H]1OC(c2ccc(OCCCO)cc2)=N[C@]1(Cc1ccccc1N=[N+]=[N-])C(=O)NNCc1ccccc1F. The molecule has 244 valence electrons. The molecule has 0 spiro atoms. The molecule has 0 fully saturated rings. The maximum absolute atomic E-state index is 14.5. The van der Waals surface area contributed by atoms with E-state index in [4.69, 9.17) is 25.1 Å². The molecule has 48 heavy (non-hydrogen) atoms. The molecule has 0 bridgehead atoms. The van der Waals surface area contributed by atoms with Crippen molar-refractivity contribution in [1.82, 2.24) is 10.9 Å². The van der Waals surface area contributed by atoms with Gasteiger partial charge in [-0.3, -0.25) is 10.2 Å². The lowest BCUT2D eigenvalue weighted by Crippen LogP contribution is -2.53. The van der Waals surface area contributed by atoms with Gasteiger partial charge in [0, 0.05) is 52.6 Å². The Morgan fingerprint density at radius 3 is 2.40 bits per heavy atom. The van der Waals surface area contributed by atoms with Crippen LogP contribution in [0.3, 0.4) is 0 Å². The van der Waals surface area contributed by atoms with Gasteiger partial charge in [0.15, 0.2) is 11.6 Å². The van der Waals surface area contributed by atoms with E-state index in [1.54, 1.807) is 91.0 Å². The average molecular weight is 650 g/mol. The summed E-state index contributed by atoms with van der Waals surface area (Å²) < 4.78 is 26.6. The molecular formula is C34H32FN9O4. The monoisotopic (exact) mass is 649 g/mol. The second-order valence-electron chi connectivity index (χ2n) is 10.8. The zero-order valence-corrected chi connectivity index (χ0v) is 25.7. The van der Waals surface area contributed by atoms with Gasteiger partial charge in [-0.25, -0.2) is 14.8 Å². The van der Waals surface area contributed by atoms with E-state index in [1.165, 1.54) is 6.07 Å². The highest BCUT2D eigenvalue weighted by molar-refractivity contribution is 6.01. The molecule has 0 unspecified atom stereocenters. The third kappa shape index (κ3) is 7.72. The summed E-state index contributed by atoms with van der Waals surface area (Å²) in [6.07, 6.45) is -0.636. The minimum atomic E-state index is -1.71. The van der Waals surface area contributed by atoms with E-state index in [2.05, 4.69) is 30.9 Å². The molecule has 1 amide bonds. The Morgan fingerprint density at radius 1 is 0.958 bits per heavy atom. The lowest BCUT2D eigenvalue weighted by atomic mass is 9.80. The van der Waals surface area contributed by atoms with Crippen LogP contribution in [0, 0.1) is 5.82 Å². The summed E-state index contributed by atoms with van der Waals surface area (Å²) in [7, 11) is 0. The predicted octanol–water partition coefficient (Wildman–Crippen LogP) is 6.66. The second-order valence-corrected chi connectivity index (χ2v) is 10.8. The van der Waals surface area contributed by atoms with Gasteiger partial charge in [-0.15, -0.1) is 0 Å². The molecule has 0 aromatic heterocycles. The zero-order valence-electron chi connectivity index (χ0n) is 25.7. The Labute approximate surface area is 275 Å². The molecule has 0 saturated heterocycles. The number of aliphatic hydroxyl groups excluding tert-OH is 1. The average Bonchev–Trinajstić information content (AvgIpc) is 3.50. The number of halogens is 1. The van der Waals surface area contributed by atoms with Crippen molar-refractivity contribution >= 4 is 17.5 Å². The normalized spacial score (nSPS) is 16.5. The number of aliphatic hydroxyl groups is 1. The fraction of sp³-hybridized carbons (Fsp3) is 0.235. The number of carbonyl (C=O) groups excluding carboxylic acids is 1. The number of amides is 1. The molecule has 1 heterocycles. The minimum Gasteiger partial charge on any atom is -0.494 e. The van der Waals surface area contributed by atoms with Crippen LogP contribution in [-0.2, 0) is 29.0 Å². The quantitative estimate of drug-likeness (QED) is 0.0426. The predicted molar refractivity (Wildman–Crippen MR) is 176 cm³/mol. The lowest BCUT2D eigenvalue weighted by molar-refractivity contribution is -0.130. The van der Waals surface area contributed by atoms with Crippen LogP contribution in [0.4, 0.5) is 10.1 Å². The number of hydrogen-bond acceptors (Lipinski definition) is 8. The summed E-state index contributed by atoms with van der Waals surface area (Å²) in [6.45, 7) is 0.315. The molecule has 1 aliphatic rings. The van der Waals surface area contributed by atoms with Gasteiger partial charge < -0.3 is 14.6 Å². The standard InChI is InChI=1S/C34H32FN9O4/c35-29-12-5-2-10-26(29)22-38-42-33(46)34(20-24-8-3-6-13-30(24)41-44-37)31(28-11-4-1-9-25(28)21-39-43-36)48-32(40-34)23-14-16-27(17-15-23)47-19-7-18-45/h1-6,8-17,31,38,45H,7,18-22H2,(H,42,46)/t31-,34-/m0/s1. The number of benzene rings is 4. The number of nitrogens with one attached hydrogen (secondary N) is 2.